The highest BCUT2D eigenvalue weighted by Crippen LogP contribution is 2.43. The molecule has 12 heteroatoms. The topological polar surface area (TPSA) is 87.2 Å². The van der Waals surface area contributed by atoms with E-state index in [0.717, 1.165) is 49.1 Å². The van der Waals surface area contributed by atoms with Gasteiger partial charge in [0.05, 0.1) is 26.2 Å². The Labute approximate surface area is 236 Å². The Balaban J connectivity index is 1.56. The Morgan fingerprint density at radius 3 is 2.62 bits per heavy atom. The quantitative estimate of drug-likeness (QED) is 0.270. The number of halogens is 3. The van der Waals surface area contributed by atoms with Crippen molar-refractivity contribution in [1.29, 1.82) is 0 Å². The van der Waals surface area contributed by atoms with E-state index in [1.807, 2.05) is 0 Å². The van der Waals surface area contributed by atoms with Gasteiger partial charge in [-0.25, -0.2) is 27.3 Å². The van der Waals surface area contributed by atoms with Crippen LogP contribution >= 0.6 is 11.3 Å². The summed E-state index contributed by atoms with van der Waals surface area (Å²) in [4.78, 5) is 23.2. The predicted molar refractivity (Wildman–Crippen MR) is 151 cm³/mol. The van der Waals surface area contributed by atoms with Gasteiger partial charge in [0.1, 0.15) is 17.5 Å². The van der Waals surface area contributed by atoms with E-state index < -0.39 is 33.3 Å². The number of likely N-dealkylation sites (tertiary alicyclic amines) is 1. The van der Waals surface area contributed by atoms with Gasteiger partial charge >= 0.3 is 0 Å². The summed E-state index contributed by atoms with van der Waals surface area (Å²) in [6.07, 6.45) is 3.39. The highest BCUT2D eigenvalue weighted by molar-refractivity contribution is 7.86. The number of hydrogen-bond donors (Lipinski definition) is 2. The molecule has 1 aliphatic rings. The van der Waals surface area contributed by atoms with Crippen molar-refractivity contribution in [3.8, 4) is 21.7 Å². The SMILES string of the molecule is CC(=O)Nc1cc(-c2sc(C3CCN(C)CC3)nc2-c2cccc(NS(=O)c3cc(F)ccc3F)c2F)ccn1. The maximum Gasteiger partial charge on any atom is 0.222 e. The van der Waals surface area contributed by atoms with Crippen LogP contribution in [-0.2, 0) is 15.8 Å². The molecule has 0 radical (unpaired) electrons. The second kappa shape index (κ2) is 11.9. The summed E-state index contributed by atoms with van der Waals surface area (Å²) in [7, 11) is -0.187. The van der Waals surface area contributed by atoms with Crippen molar-refractivity contribution in [2.24, 2.45) is 0 Å². The number of thiazole rings is 1. The normalized spacial score (nSPS) is 15.1. The van der Waals surface area contributed by atoms with E-state index >= 15 is 4.39 Å². The third kappa shape index (κ3) is 6.08. The zero-order valence-electron chi connectivity index (χ0n) is 21.7. The number of aromatic nitrogens is 2. The molecule has 0 saturated carbocycles. The molecule has 1 amide bonds. The number of piperidine rings is 1. The van der Waals surface area contributed by atoms with E-state index in [0.29, 0.717) is 22.0 Å². The molecule has 1 saturated heterocycles. The van der Waals surface area contributed by atoms with Crippen LogP contribution in [0, 0.1) is 17.5 Å². The fraction of sp³-hybridized carbons (Fsp3) is 0.250. The van der Waals surface area contributed by atoms with E-state index in [2.05, 4.69) is 27.0 Å². The number of benzene rings is 2. The summed E-state index contributed by atoms with van der Waals surface area (Å²) in [5.74, 6) is -2.07. The second-order valence-corrected chi connectivity index (χ2v) is 11.7. The Morgan fingerprint density at radius 2 is 1.88 bits per heavy atom. The zero-order valence-corrected chi connectivity index (χ0v) is 23.3. The summed E-state index contributed by atoms with van der Waals surface area (Å²) in [5, 5.41) is 3.54. The van der Waals surface area contributed by atoms with Crippen LogP contribution in [0.2, 0.25) is 0 Å². The Hall–Kier alpha value is -3.61. The number of pyridine rings is 1. The zero-order chi connectivity index (χ0) is 28.4. The molecule has 3 heterocycles. The molecule has 4 aromatic rings. The van der Waals surface area contributed by atoms with Crippen LogP contribution in [0.3, 0.4) is 0 Å². The highest BCUT2D eigenvalue weighted by atomic mass is 32.2. The summed E-state index contributed by atoms with van der Waals surface area (Å²) in [6, 6.07) is 10.6. The molecular weight excluding hydrogens is 559 g/mol. The number of rotatable bonds is 7. The van der Waals surface area contributed by atoms with Crippen LogP contribution in [0.4, 0.5) is 24.7 Å². The third-order valence-corrected chi connectivity index (χ3v) is 8.97. The lowest BCUT2D eigenvalue weighted by Gasteiger charge is -2.27. The van der Waals surface area contributed by atoms with Gasteiger partial charge in [-0.1, -0.05) is 6.07 Å². The lowest BCUT2D eigenvalue weighted by atomic mass is 9.98. The molecule has 2 aromatic heterocycles. The summed E-state index contributed by atoms with van der Waals surface area (Å²) in [6.45, 7) is 3.23. The first-order valence-electron chi connectivity index (χ1n) is 12.5. The van der Waals surface area contributed by atoms with Crippen LogP contribution in [0.25, 0.3) is 21.7 Å². The number of hydrogen-bond acceptors (Lipinski definition) is 6. The molecule has 2 N–H and O–H groups in total. The minimum atomic E-state index is -2.26. The number of nitrogens with zero attached hydrogens (tertiary/aromatic N) is 3. The van der Waals surface area contributed by atoms with E-state index in [-0.39, 0.29) is 23.1 Å². The largest absolute Gasteiger partial charge is 0.311 e. The van der Waals surface area contributed by atoms with E-state index in [4.69, 9.17) is 4.98 Å². The van der Waals surface area contributed by atoms with Gasteiger partial charge < -0.3 is 10.2 Å². The minimum Gasteiger partial charge on any atom is -0.311 e. The fourth-order valence-corrected chi connectivity index (χ4v) is 6.71. The van der Waals surface area contributed by atoms with Gasteiger partial charge in [-0.15, -0.1) is 11.3 Å². The Morgan fingerprint density at radius 1 is 1.10 bits per heavy atom. The van der Waals surface area contributed by atoms with Crippen molar-refractivity contribution < 1.29 is 22.2 Å². The molecule has 1 atom stereocenters. The molecule has 0 bridgehead atoms. The maximum absolute atomic E-state index is 16.0. The van der Waals surface area contributed by atoms with Gasteiger partial charge in [-0.3, -0.25) is 9.52 Å². The van der Waals surface area contributed by atoms with Crippen LogP contribution < -0.4 is 10.0 Å². The van der Waals surface area contributed by atoms with Gasteiger partial charge in [0.25, 0.3) is 0 Å². The molecule has 1 fully saturated rings. The summed E-state index contributed by atoms with van der Waals surface area (Å²) >= 11 is 1.46. The molecular formula is C28H26F3N5O2S2. The minimum absolute atomic E-state index is 0.145. The number of amides is 1. The number of carbonyl (C=O) groups is 1. The third-order valence-electron chi connectivity index (χ3n) is 6.59. The van der Waals surface area contributed by atoms with E-state index in [1.165, 1.54) is 24.3 Å². The van der Waals surface area contributed by atoms with Crippen molar-refractivity contribution >= 4 is 39.7 Å². The molecule has 2 aromatic carbocycles. The Bertz CT molecular complexity index is 1590. The highest BCUT2D eigenvalue weighted by Gasteiger charge is 2.26. The molecule has 5 rings (SSSR count). The van der Waals surface area contributed by atoms with E-state index in [9.17, 15) is 17.8 Å². The first-order valence-corrected chi connectivity index (χ1v) is 14.5. The Kier molecular flexibility index (Phi) is 8.29. The van der Waals surface area contributed by atoms with Crippen LogP contribution in [0.15, 0.2) is 59.6 Å². The van der Waals surface area contributed by atoms with Gasteiger partial charge in [-0.05, 0) is 81.0 Å². The summed E-state index contributed by atoms with van der Waals surface area (Å²) < 4.78 is 59.1. The van der Waals surface area contributed by atoms with E-state index in [1.54, 1.807) is 30.5 Å². The monoisotopic (exact) mass is 585 g/mol. The average Bonchev–Trinajstić information content (AvgIpc) is 3.36. The second-order valence-electron chi connectivity index (χ2n) is 9.53. The lowest BCUT2D eigenvalue weighted by Crippen LogP contribution is -2.29. The lowest BCUT2D eigenvalue weighted by molar-refractivity contribution is -0.114. The van der Waals surface area contributed by atoms with Gasteiger partial charge in [0, 0.05) is 24.6 Å². The maximum atomic E-state index is 16.0. The molecule has 7 nitrogen and oxygen atoms in total. The number of carbonyl (C=O) groups excluding carboxylic acids is 1. The molecule has 40 heavy (non-hydrogen) atoms. The van der Waals surface area contributed by atoms with Gasteiger partial charge in [0.15, 0.2) is 16.8 Å². The van der Waals surface area contributed by atoms with Crippen LogP contribution in [0.1, 0.15) is 30.7 Å². The van der Waals surface area contributed by atoms with Crippen molar-refractivity contribution in [1.82, 2.24) is 14.9 Å². The molecule has 1 unspecified atom stereocenters. The number of anilines is 2. The standard InChI is InChI=1S/C28H26F3N5O2S2/c1-16(37)33-24-14-18(8-11-32-24)27-26(34-28(39-27)17-9-12-36(2)13-10-17)20-4-3-5-22(25(20)31)35-40(38)23-15-19(29)6-7-21(23)30/h3-8,11,14-15,17,35H,9-10,12-13H2,1-2H3,(H,32,33,37). The van der Waals surface area contributed by atoms with Crippen LogP contribution in [0.5, 0.6) is 0 Å². The average molecular weight is 586 g/mol. The first-order chi connectivity index (χ1) is 19.2. The van der Waals surface area contributed by atoms with Crippen molar-refractivity contribution in [2.45, 2.75) is 30.6 Å². The fourth-order valence-electron chi connectivity index (χ4n) is 4.53. The first kappa shape index (κ1) is 27.9. The molecule has 1 aliphatic heterocycles. The molecule has 208 valence electrons. The smallest absolute Gasteiger partial charge is 0.222 e. The summed E-state index contributed by atoms with van der Waals surface area (Å²) in [5.41, 5.74) is 1.11. The predicted octanol–water partition coefficient (Wildman–Crippen LogP) is 6.19. The molecule has 0 aliphatic carbocycles. The molecule has 0 spiro atoms. The van der Waals surface area contributed by atoms with Crippen molar-refractivity contribution in [3.05, 3.63) is 77.2 Å². The van der Waals surface area contributed by atoms with Gasteiger partial charge in [-0.2, -0.15) is 0 Å². The van der Waals surface area contributed by atoms with Gasteiger partial charge in [0.2, 0.25) is 5.91 Å². The van der Waals surface area contributed by atoms with Crippen molar-refractivity contribution in [3.63, 3.8) is 0 Å². The van der Waals surface area contributed by atoms with Crippen LogP contribution in [-0.4, -0.2) is 45.1 Å². The number of nitrogens with one attached hydrogen (secondary N) is 2. The van der Waals surface area contributed by atoms with Crippen molar-refractivity contribution in [2.75, 3.05) is 30.2 Å².